The first kappa shape index (κ1) is 17.5. The molecule has 7 nitrogen and oxygen atoms in total. The van der Waals surface area contributed by atoms with E-state index in [1.54, 1.807) is 24.3 Å². The molecule has 134 valence electrons. The van der Waals surface area contributed by atoms with Crippen molar-refractivity contribution >= 4 is 23.7 Å². The molecular formula is C19H18N2O5. The number of alkyl carbamates (subject to hydrolysis) is 1. The highest BCUT2D eigenvalue weighted by molar-refractivity contribution is 6.06. The molecule has 0 spiro atoms. The lowest BCUT2D eigenvalue weighted by molar-refractivity contribution is -0.124. The Morgan fingerprint density at radius 2 is 1.92 bits per heavy atom. The summed E-state index contributed by atoms with van der Waals surface area (Å²) in [5.41, 5.74) is 1.80. The second kappa shape index (κ2) is 7.69. The molecule has 1 aliphatic rings. The van der Waals surface area contributed by atoms with E-state index in [0.29, 0.717) is 17.8 Å². The number of nitrogens with zero attached hydrogens (tertiary/aromatic N) is 1. The van der Waals surface area contributed by atoms with Crippen molar-refractivity contribution in [2.45, 2.75) is 12.6 Å². The number of nitrogens with one attached hydrogen (secondary N) is 1. The predicted octanol–water partition coefficient (Wildman–Crippen LogP) is 2.11. The SMILES string of the molecule is COC(=O)c1cccc(N2CC(NC(=O)OCc3ccccc3)C2=O)c1. The maximum absolute atomic E-state index is 12.3. The van der Waals surface area contributed by atoms with Gasteiger partial charge in [0.2, 0.25) is 0 Å². The van der Waals surface area contributed by atoms with Crippen LogP contribution in [-0.2, 0) is 20.9 Å². The van der Waals surface area contributed by atoms with Crippen LogP contribution < -0.4 is 10.2 Å². The van der Waals surface area contributed by atoms with Crippen LogP contribution in [0.5, 0.6) is 0 Å². The second-order valence-corrected chi connectivity index (χ2v) is 5.75. The van der Waals surface area contributed by atoms with Gasteiger partial charge in [0.15, 0.2) is 0 Å². The molecule has 2 aromatic rings. The summed E-state index contributed by atoms with van der Waals surface area (Å²) in [5, 5.41) is 2.54. The number of rotatable bonds is 5. The number of hydrogen-bond donors (Lipinski definition) is 1. The van der Waals surface area contributed by atoms with Crippen LogP contribution >= 0.6 is 0 Å². The minimum atomic E-state index is -0.643. The maximum Gasteiger partial charge on any atom is 0.408 e. The van der Waals surface area contributed by atoms with Crippen LogP contribution in [0.15, 0.2) is 54.6 Å². The van der Waals surface area contributed by atoms with E-state index in [9.17, 15) is 14.4 Å². The van der Waals surface area contributed by atoms with Gasteiger partial charge in [-0.15, -0.1) is 0 Å². The number of anilines is 1. The van der Waals surface area contributed by atoms with Crippen molar-refractivity contribution in [3.05, 3.63) is 65.7 Å². The zero-order valence-electron chi connectivity index (χ0n) is 14.2. The Kier molecular flexibility index (Phi) is 5.17. The van der Waals surface area contributed by atoms with Gasteiger partial charge in [0.1, 0.15) is 12.6 Å². The van der Waals surface area contributed by atoms with Crippen LogP contribution in [0, 0.1) is 0 Å². The molecule has 0 aromatic heterocycles. The van der Waals surface area contributed by atoms with Gasteiger partial charge in [0.25, 0.3) is 5.91 Å². The molecule has 3 rings (SSSR count). The van der Waals surface area contributed by atoms with Crippen molar-refractivity contribution in [3.8, 4) is 0 Å². The summed E-state index contributed by atoms with van der Waals surface area (Å²) in [4.78, 5) is 37.1. The lowest BCUT2D eigenvalue weighted by Crippen LogP contribution is -2.64. The Bertz CT molecular complexity index is 822. The van der Waals surface area contributed by atoms with Gasteiger partial charge in [0, 0.05) is 5.69 Å². The van der Waals surface area contributed by atoms with Gasteiger partial charge in [-0.05, 0) is 23.8 Å². The second-order valence-electron chi connectivity index (χ2n) is 5.75. The Hall–Kier alpha value is -3.35. The van der Waals surface area contributed by atoms with E-state index < -0.39 is 18.1 Å². The van der Waals surface area contributed by atoms with E-state index in [0.717, 1.165) is 5.56 Å². The minimum absolute atomic E-state index is 0.137. The number of carbonyl (C=O) groups is 3. The third kappa shape index (κ3) is 3.83. The van der Waals surface area contributed by atoms with Gasteiger partial charge in [0.05, 0.1) is 19.2 Å². The third-order valence-corrected chi connectivity index (χ3v) is 4.01. The standard InChI is InChI=1S/C19H18N2O5/c1-25-18(23)14-8-5-9-15(10-14)21-11-16(17(21)22)20-19(24)26-12-13-6-3-2-4-7-13/h2-10,16H,11-12H2,1H3,(H,20,24). The number of esters is 1. The average molecular weight is 354 g/mol. The van der Waals surface area contributed by atoms with Gasteiger partial charge in [-0.2, -0.15) is 0 Å². The number of β-lactam (4-membered cyclic amide) rings is 1. The molecule has 0 saturated carbocycles. The number of amides is 2. The van der Waals surface area contributed by atoms with Gasteiger partial charge in [-0.3, -0.25) is 4.79 Å². The Labute approximate surface area is 150 Å². The molecule has 1 unspecified atom stereocenters. The smallest absolute Gasteiger partial charge is 0.408 e. The predicted molar refractivity (Wildman–Crippen MR) is 93.7 cm³/mol. The molecule has 0 aliphatic carbocycles. The Morgan fingerprint density at radius 3 is 2.62 bits per heavy atom. The Morgan fingerprint density at radius 1 is 1.15 bits per heavy atom. The summed E-state index contributed by atoms with van der Waals surface area (Å²) < 4.78 is 9.78. The van der Waals surface area contributed by atoms with Crippen molar-refractivity contribution in [2.75, 3.05) is 18.6 Å². The van der Waals surface area contributed by atoms with Gasteiger partial charge in [-0.25, -0.2) is 9.59 Å². The first-order valence-electron chi connectivity index (χ1n) is 8.05. The highest BCUT2D eigenvalue weighted by Crippen LogP contribution is 2.23. The zero-order valence-corrected chi connectivity index (χ0v) is 14.2. The van der Waals surface area contributed by atoms with Gasteiger partial charge < -0.3 is 19.7 Å². The fourth-order valence-corrected chi connectivity index (χ4v) is 2.59. The first-order valence-corrected chi connectivity index (χ1v) is 8.05. The number of methoxy groups -OCH3 is 1. The summed E-state index contributed by atoms with van der Waals surface area (Å²) in [6.07, 6.45) is -0.643. The van der Waals surface area contributed by atoms with E-state index in [1.807, 2.05) is 30.3 Å². The lowest BCUT2D eigenvalue weighted by Gasteiger charge is -2.38. The van der Waals surface area contributed by atoms with Crippen molar-refractivity contribution in [3.63, 3.8) is 0 Å². The summed E-state index contributed by atoms with van der Waals surface area (Å²) in [5.74, 6) is -0.734. The van der Waals surface area contributed by atoms with E-state index in [4.69, 9.17) is 4.74 Å². The summed E-state index contributed by atoms with van der Waals surface area (Å²) in [7, 11) is 1.30. The number of hydrogen-bond acceptors (Lipinski definition) is 5. The molecule has 26 heavy (non-hydrogen) atoms. The van der Waals surface area contributed by atoms with Crippen molar-refractivity contribution < 1.29 is 23.9 Å². The quantitative estimate of drug-likeness (QED) is 0.657. The molecule has 1 saturated heterocycles. The number of carbonyl (C=O) groups excluding carboxylic acids is 3. The molecular weight excluding hydrogens is 336 g/mol. The highest BCUT2D eigenvalue weighted by Gasteiger charge is 2.39. The normalized spacial score (nSPS) is 15.8. The van der Waals surface area contributed by atoms with Gasteiger partial charge >= 0.3 is 12.1 Å². The maximum atomic E-state index is 12.3. The molecule has 2 aromatic carbocycles. The van der Waals surface area contributed by atoms with Crippen LogP contribution in [-0.4, -0.2) is 37.7 Å². The average Bonchev–Trinajstić information content (AvgIpc) is 2.69. The monoisotopic (exact) mass is 354 g/mol. The molecule has 1 heterocycles. The molecule has 7 heteroatoms. The highest BCUT2D eigenvalue weighted by atomic mass is 16.5. The molecule has 1 N–H and O–H groups in total. The zero-order chi connectivity index (χ0) is 18.5. The van der Waals surface area contributed by atoms with Crippen LogP contribution in [0.1, 0.15) is 15.9 Å². The van der Waals surface area contributed by atoms with E-state index in [1.165, 1.54) is 12.0 Å². The number of ether oxygens (including phenoxy) is 2. The molecule has 0 radical (unpaired) electrons. The van der Waals surface area contributed by atoms with E-state index in [2.05, 4.69) is 10.1 Å². The molecule has 1 aliphatic heterocycles. The van der Waals surface area contributed by atoms with E-state index >= 15 is 0 Å². The molecule has 1 fully saturated rings. The fraction of sp³-hybridized carbons (Fsp3) is 0.211. The lowest BCUT2D eigenvalue weighted by atomic mass is 10.1. The third-order valence-electron chi connectivity index (χ3n) is 4.01. The van der Waals surface area contributed by atoms with Crippen molar-refractivity contribution in [2.24, 2.45) is 0 Å². The van der Waals surface area contributed by atoms with Crippen molar-refractivity contribution in [1.29, 1.82) is 0 Å². The van der Waals surface area contributed by atoms with Crippen molar-refractivity contribution in [1.82, 2.24) is 5.32 Å². The fourth-order valence-electron chi connectivity index (χ4n) is 2.59. The Balaban J connectivity index is 1.52. The molecule has 1 atom stereocenters. The molecule has 2 amide bonds. The van der Waals surface area contributed by atoms with Crippen LogP contribution in [0.3, 0.4) is 0 Å². The van der Waals surface area contributed by atoms with Crippen LogP contribution in [0.25, 0.3) is 0 Å². The van der Waals surface area contributed by atoms with Gasteiger partial charge in [-0.1, -0.05) is 36.4 Å². The minimum Gasteiger partial charge on any atom is -0.465 e. The topological polar surface area (TPSA) is 84.9 Å². The first-order chi connectivity index (χ1) is 12.6. The van der Waals surface area contributed by atoms with E-state index in [-0.39, 0.29) is 12.5 Å². The largest absolute Gasteiger partial charge is 0.465 e. The molecule has 0 bridgehead atoms. The van der Waals surface area contributed by atoms with Crippen LogP contribution in [0.2, 0.25) is 0 Å². The summed E-state index contributed by atoms with van der Waals surface area (Å²) in [6.45, 7) is 0.447. The summed E-state index contributed by atoms with van der Waals surface area (Å²) in [6, 6.07) is 15.2. The number of benzene rings is 2. The van der Waals surface area contributed by atoms with Crippen LogP contribution in [0.4, 0.5) is 10.5 Å². The summed E-state index contributed by atoms with van der Waals surface area (Å²) >= 11 is 0.